The largest absolute Gasteiger partial charge is 0.254 e. The fourth-order valence-corrected chi connectivity index (χ4v) is 2.89. The molecule has 3 aromatic heterocycles. The zero-order chi connectivity index (χ0) is 12.5. The Labute approximate surface area is 123 Å². The van der Waals surface area contributed by atoms with Crippen molar-refractivity contribution in [1.82, 2.24) is 19.5 Å². The van der Waals surface area contributed by atoms with Crippen molar-refractivity contribution < 1.29 is 0 Å². The number of aromatic nitrogens is 4. The summed E-state index contributed by atoms with van der Waals surface area (Å²) in [6.07, 6.45) is 6.25. The molecule has 4 nitrogen and oxygen atoms in total. The van der Waals surface area contributed by atoms with Gasteiger partial charge in [-0.25, -0.2) is 9.44 Å². The molecule has 0 N–H and O–H groups in total. The second-order valence-electron chi connectivity index (χ2n) is 3.65. The lowest BCUT2D eigenvalue weighted by Crippen LogP contribution is -1.85. The first kappa shape index (κ1) is 12.3. The Morgan fingerprint density at radius 2 is 2.06 bits per heavy atom. The maximum Gasteiger partial charge on any atom is 0.129 e. The predicted octanol–water partition coefficient (Wildman–Crippen LogP) is 3.94. The summed E-state index contributed by atoms with van der Waals surface area (Å²) in [5, 5.41) is 4.73. The number of rotatable bonds is 2. The van der Waals surface area contributed by atoms with Crippen molar-refractivity contribution in [1.29, 1.82) is 0 Å². The average Bonchev–Trinajstić information content (AvgIpc) is 2.86. The molecule has 0 saturated heterocycles. The second kappa shape index (κ2) is 5.07. The first-order valence-corrected chi connectivity index (χ1v) is 9.54. The highest BCUT2D eigenvalue weighted by molar-refractivity contribution is 14.2. The number of nitrogens with zero attached hydrogens (tertiary/aromatic N) is 4. The monoisotopic (exact) mass is 388 g/mol. The van der Waals surface area contributed by atoms with Gasteiger partial charge in [-0.1, -0.05) is 11.6 Å². The van der Waals surface area contributed by atoms with Gasteiger partial charge < -0.3 is 0 Å². The normalized spacial score (nSPS) is 11.7. The van der Waals surface area contributed by atoms with E-state index in [-0.39, 0.29) is 0 Å². The van der Waals surface area contributed by atoms with Crippen molar-refractivity contribution >= 4 is 51.0 Å². The van der Waals surface area contributed by atoms with Crippen LogP contribution in [0.5, 0.6) is 0 Å². The first-order valence-electron chi connectivity index (χ1n) is 5.10. The average molecular weight is 389 g/mol. The third-order valence-electron chi connectivity index (χ3n) is 2.51. The maximum absolute atomic E-state index is 5.89. The van der Waals surface area contributed by atoms with E-state index in [1.807, 2.05) is 35.2 Å². The van der Waals surface area contributed by atoms with Gasteiger partial charge >= 0.3 is 0 Å². The van der Waals surface area contributed by atoms with Crippen LogP contribution in [-0.4, -0.2) is 19.5 Å². The van der Waals surface area contributed by atoms with Gasteiger partial charge in [-0.15, -0.1) is 0 Å². The fourth-order valence-electron chi connectivity index (χ4n) is 1.66. The molecular formula is C11H7ClIN4P. The Morgan fingerprint density at radius 3 is 2.83 bits per heavy atom. The molecule has 0 fully saturated rings. The molecular weight excluding hydrogens is 381 g/mol. The topological polar surface area (TPSA) is 43.6 Å². The van der Waals surface area contributed by atoms with E-state index in [1.54, 1.807) is 6.07 Å². The van der Waals surface area contributed by atoms with Crippen LogP contribution in [0.3, 0.4) is 0 Å². The molecule has 0 saturated carbocycles. The minimum Gasteiger partial charge on any atom is -0.254 e. The summed E-state index contributed by atoms with van der Waals surface area (Å²) in [4.78, 5) is 8.64. The van der Waals surface area contributed by atoms with Gasteiger partial charge in [0.1, 0.15) is 5.15 Å². The molecule has 7 heteroatoms. The number of pyridine rings is 2. The number of hydrogen-bond acceptors (Lipinski definition) is 3. The summed E-state index contributed by atoms with van der Waals surface area (Å²) in [6, 6.07) is 5.59. The zero-order valence-electron chi connectivity index (χ0n) is 9.01. The molecule has 0 spiro atoms. The van der Waals surface area contributed by atoms with Crippen LogP contribution in [0.15, 0.2) is 36.8 Å². The van der Waals surface area contributed by atoms with Gasteiger partial charge in [0.05, 0.1) is 23.6 Å². The molecule has 0 amide bonds. The van der Waals surface area contributed by atoms with Crippen LogP contribution in [0.1, 0.15) is 0 Å². The van der Waals surface area contributed by atoms with Crippen molar-refractivity contribution in [2.45, 2.75) is 0 Å². The highest BCUT2D eigenvalue weighted by Crippen LogP contribution is 2.27. The van der Waals surface area contributed by atoms with Gasteiger partial charge in [-0.3, -0.25) is 4.98 Å². The second-order valence-corrected chi connectivity index (χ2v) is 6.12. The van der Waals surface area contributed by atoms with Gasteiger partial charge in [-0.2, -0.15) is 5.10 Å². The Morgan fingerprint density at radius 1 is 1.17 bits per heavy atom. The van der Waals surface area contributed by atoms with Crippen LogP contribution in [0.4, 0.5) is 0 Å². The maximum atomic E-state index is 5.89. The summed E-state index contributed by atoms with van der Waals surface area (Å²) < 4.78 is 1.89. The van der Waals surface area contributed by atoms with Gasteiger partial charge in [0.25, 0.3) is 0 Å². The summed E-state index contributed by atoms with van der Waals surface area (Å²) in [5.41, 5.74) is 3.67. The molecule has 1 atom stereocenters. The van der Waals surface area contributed by atoms with Crippen molar-refractivity contribution in [3.63, 3.8) is 0 Å². The predicted molar refractivity (Wildman–Crippen MR) is 83.5 cm³/mol. The quantitative estimate of drug-likeness (QED) is 0.379. The van der Waals surface area contributed by atoms with Gasteiger partial charge in [-0.05, 0) is 40.2 Å². The minimum absolute atomic E-state index is 0.478. The summed E-state index contributed by atoms with van der Waals surface area (Å²) in [6.45, 7) is 0. The van der Waals surface area contributed by atoms with Gasteiger partial charge in [0.15, 0.2) is 0 Å². The molecule has 1 unspecified atom stereocenters. The lowest BCUT2D eigenvalue weighted by Gasteiger charge is -2.00. The Balaban J connectivity index is 2.12. The third-order valence-corrected chi connectivity index (χ3v) is 4.62. The first-order chi connectivity index (χ1) is 8.76. The van der Waals surface area contributed by atoms with E-state index in [0.29, 0.717) is 11.5 Å². The Kier molecular flexibility index (Phi) is 3.46. The molecule has 0 radical (unpaired) electrons. The summed E-state index contributed by atoms with van der Waals surface area (Å²) in [5.74, 6) is 0. The van der Waals surface area contributed by atoms with Crippen LogP contribution in [0.2, 0.25) is 5.15 Å². The van der Waals surface area contributed by atoms with Crippen LogP contribution in [0, 0.1) is 0 Å². The standard InChI is InChI=1S/C11H7ClIN4P/c12-11-2-1-9-10(16-11)3-7(4-14-9)8-5-15-17(6-8)18-13/h1-6,18H. The van der Waals surface area contributed by atoms with E-state index >= 15 is 0 Å². The molecule has 0 aliphatic carbocycles. The molecule has 18 heavy (non-hydrogen) atoms. The third kappa shape index (κ3) is 2.35. The molecule has 0 aliphatic rings. The van der Waals surface area contributed by atoms with E-state index in [9.17, 15) is 0 Å². The van der Waals surface area contributed by atoms with Crippen molar-refractivity contribution in [2.75, 3.05) is 0 Å². The zero-order valence-corrected chi connectivity index (χ0v) is 12.9. The highest BCUT2D eigenvalue weighted by Gasteiger charge is 2.05. The van der Waals surface area contributed by atoms with E-state index < -0.39 is 0 Å². The van der Waals surface area contributed by atoms with Crippen LogP contribution in [-0.2, 0) is 0 Å². The van der Waals surface area contributed by atoms with Crippen LogP contribution < -0.4 is 0 Å². The van der Waals surface area contributed by atoms with Crippen molar-refractivity contribution in [3.8, 4) is 11.1 Å². The van der Waals surface area contributed by atoms with Gasteiger partial charge in [0, 0.05) is 23.5 Å². The number of halogens is 2. The molecule has 3 heterocycles. The summed E-state index contributed by atoms with van der Waals surface area (Å²) >= 11 is 8.18. The van der Waals surface area contributed by atoms with Gasteiger partial charge in [0.2, 0.25) is 0 Å². The molecule has 0 aliphatic heterocycles. The number of hydrogen-bond donors (Lipinski definition) is 0. The van der Waals surface area contributed by atoms with Crippen molar-refractivity contribution in [2.24, 2.45) is 0 Å². The lowest BCUT2D eigenvalue weighted by atomic mass is 10.1. The molecule has 0 bridgehead atoms. The van der Waals surface area contributed by atoms with E-state index in [4.69, 9.17) is 11.6 Å². The van der Waals surface area contributed by atoms with Crippen LogP contribution >= 0.6 is 40.0 Å². The smallest absolute Gasteiger partial charge is 0.129 e. The molecule has 3 rings (SSSR count). The molecule has 0 aromatic carbocycles. The van der Waals surface area contributed by atoms with E-state index in [1.165, 1.54) is 0 Å². The molecule has 90 valence electrons. The molecule has 3 aromatic rings. The Bertz CT molecular complexity index is 715. The van der Waals surface area contributed by atoms with Crippen LogP contribution in [0.25, 0.3) is 22.2 Å². The fraction of sp³-hybridized carbons (Fsp3) is 0. The van der Waals surface area contributed by atoms with Crippen molar-refractivity contribution in [3.05, 3.63) is 41.9 Å². The number of fused-ring (bicyclic) bond motifs is 1. The minimum atomic E-state index is 0.478. The SMILES string of the molecule is Clc1ccc2ncc(-c3cnn(PI)c3)cc2n1. The van der Waals surface area contributed by atoms with E-state index in [2.05, 4.69) is 37.1 Å². The van der Waals surface area contributed by atoms with E-state index in [0.717, 1.165) is 22.2 Å². The Hall–Kier alpha value is -0.780. The highest BCUT2D eigenvalue weighted by atomic mass is 127. The summed E-state index contributed by atoms with van der Waals surface area (Å²) in [7, 11) is 0. The lowest BCUT2D eigenvalue weighted by molar-refractivity contribution is 1.01.